The van der Waals surface area contributed by atoms with E-state index in [1.807, 2.05) is 18.2 Å². The Hall–Kier alpha value is -2.46. The maximum atomic E-state index is 12.9. The van der Waals surface area contributed by atoms with Gasteiger partial charge in [-0.3, -0.25) is 9.59 Å². The molecule has 1 aliphatic heterocycles. The third kappa shape index (κ3) is 4.64. The van der Waals surface area contributed by atoms with E-state index in [1.165, 1.54) is 0 Å². The average molecular weight is 364 g/mol. The van der Waals surface area contributed by atoms with Gasteiger partial charge in [0.2, 0.25) is 11.6 Å². The first-order valence-corrected chi connectivity index (χ1v) is 9.46. The van der Waals surface area contributed by atoms with Crippen molar-refractivity contribution in [2.75, 3.05) is 5.32 Å². The number of carbonyl (C=O) groups excluding carboxylic acids is 2. The van der Waals surface area contributed by atoms with Crippen molar-refractivity contribution in [1.29, 1.82) is 0 Å². The summed E-state index contributed by atoms with van der Waals surface area (Å²) in [4.78, 5) is 25.5. The first kappa shape index (κ1) is 19.3. The van der Waals surface area contributed by atoms with Crippen LogP contribution in [0.3, 0.4) is 0 Å². The lowest BCUT2D eigenvalue weighted by Crippen LogP contribution is -2.60. The summed E-state index contributed by atoms with van der Waals surface area (Å²) in [5.41, 5.74) is 1.57. The minimum atomic E-state index is -0.476. The minimum absolute atomic E-state index is 0.00176. The first-order valence-electron chi connectivity index (χ1n) is 9.46. The molecule has 0 atom stereocenters. The lowest BCUT2D eigenvalue weighted by molar-refractivity contribution is 0.0817. The zero-order valence-electron chi connectivity index (χ0n) is 16.5. The number of Topliss-reactive ketones (excluding diaryl/α,β-unsaturated/α-hetero) is 2. The third-order valence-electron chi connectivity index (χ3n) is 4.96. The standard InChI is InChI=1S/C23H28N2O2/c1-22(2)14-17(15-23(3,4)25-22)24-19-13-9-8-12-18(19)21(27)20(26)16-10-6-5-7-11-16/h5-13,17,24-25H,14-15H2,1-4H3. The first-order chi connectivity index (χ1) is 12.7. The second-order valence-electron chi connectivity index (χ2n) is 8.71. The van der Waals surface area contributed by atoms with E-state index in [4.69, 9.17) is 0 Å². The Morgan fingerprint density at radius 1 is 0.852 bits per heavy atom. The summed E-state index contributed by atoms with van der Waals surface area (Å²) >= 11 is 0. The van der Waals surface area contributed by atoms with Crippen LogP contribution in [-0.2, 0) is 0 Å². The predicted molar refractivity (Wildman–Crippen MR) is 109 cm³/mol. The molecule has 142 valence electrons. The van der Waals surface area contributed by atoms with Gasteiger partial charge < -0.3 is 10.6 Å². The quantitative estimate of drug-likeness (QED) is 0.607. The van der Waals surface area contributed by atoms with Gasteiger partial charge in [-0.1, -0.05) is 42.5 Å². The molecule has 0 amide bonds. The fraction of sp³-hybridized carbons (Fsp3) is 0.391. The molecule has 1 saturated heterocycles. The fourth-order valence-corrected chi connectivity index (χ4v) is 4.29. The smallest absolute Gasteiger partial charge is 0.235 e. The Kier molecular flexibility index (Phi) is 5.20. The second-order valence-corrected chi connectivity index (χ2v) is 8.71. The molecule has 0 unspecified atom stereocenters. The molecule has 0 saturated carbocycles. The zero-order chi connectivity index (χ0) is 19.7. The van der Waals surface area contributed by atoms with Crippen LogP contribution in [-0.4, -0.2) is 28.7 Å². The number of piperidine rings is 1. The molecule has 0 bridgehead atoms. The molecule has 0 aromatic heterocycles. The van der Waals surface area contributed by atoms with E-state index >= 15 is 0 Å². The molecule has 0 spiro atoms. The molecule has 1 heterocycles. The van der Waals surface area contributed by atoms with Gasteiger partial charge in [0.15, 0.2) is 0 Å². The number of anilines is 1. The number of rotatable bonds is 5. The second kappa shape index (κ2) is 7.28. The van der Waals surface area contributed by atoms with Gasteiger partial charge in [-0.2, -0.15) is 0 Å². The van der Waals surface area contributed by atoms with E-state index in [0.29, 0.717) is 11.1 Å². The highest BCUT2D eigenvalue weighted by Gasteiger charge is 2.38. The maximum absolute atomic E-state index is 12.9. The summed E-state index contributed by atoms with van der Waals surface area (Å²) in [5.74, 6) is -0.951. The zero-order valence-corrected chi connectivity index (χ0v) is 16.5. The molecular weight excluding hydrogens is 336 g/mol. The third-order valence-corrected chi connectivity index (χ3v) is 4.96. The van der Waals surface area contributed by atoms with Gasteiger partial charge in [0.25, 0.3) is 0 Å². The molecule has 0 aliphatic carbocycles. The lowest BCUT2D eigenvalue weighted by Gasteiger charge is -2.47. The van der Waals surface area contributed by atoms with Crippen molar-refractivity contribution in [3.8, 4) is 0 Å². The van der Waals surface area contributed by atoms with E-state index in [-0.39, 0.29) is 17.1 Å². The van der Waals surface area contributed by atoms with Crippen LogP contribution < -0.4 is 10.6 Å². The highest BCUT2D eigenvalue weighted by molar-refractivity contribution is 6.50. The fourth-order valence-electron chi connectivity index (χ4n) is 4.29. The number of hydrogen-bond donors (Lipinski definition) is 2. The summed E-state index contributed by atoms with van der Waals surface area (Å²) in [7, 11) is 0. The molecule has 4 heteroatoms. The minimum Gasteiger partial charge on any atom is -0.382 e. The van der Waals surface area contributed by atoms with E-state index < -0.39 is 11.6 Å². The number of nitrogens with one attached hydrogen (secondary N) is 2. The number of hydrogen-bond acceptors (Lipinski definition) is 4. The van der Waals surface area contributed by atoms with Crippen LogP contribution in [0.25, 0.3) is 0 Å². The van der Waals surface area contributed by atoms with Crippen molar-refractivity contribution in [2.45, 2.75) is 57.7 Å². The van der Waals surface area contributed by atoms with Gasteiger partial charge in [-0.25, -0.2) is 0 Å². The van der Waals surface area contributed by atoms with Crippen LogP contribution in [0.5, 0.6) is 0 Å². The Labute approximate surface area is 161 Å². The number of ketones is 2. The summed E-state index contributed by atoms with van der Waals surface area (Å²) in [5, 5.41) is 7.20. The Balaban J connectivity index is 1.84. The summed E-state index contributed by atoms with van der Waals surface area (Å²) in [6.07, 6.45) is 1.87. The SMILES string of the molecule is CC1(C)CC(Nc2ccccc2C(=O)C(=O)c2ccccc2)CC(C)(C)N1. The van der Waals surface area contributed by atoms with E-state index in [0.717, 1.165) is 18.5 Å². The van der Waals surface area contributed by atoms with Crippen molar-refractivity contribution in [3.05, 3.63) is 65.7 Å². The van der Waals surface area contributed by atoms with Crippen LogP contribution in [0.15, 0.2) is 54.6 Å². The van der Waals surface area contributed by atoms with Crippen LogP contribution in [0.4, 0.5) is 5.69 Å². The van der Waals surface area contributed by atoms with Gasteiger partial charge in [0, 0.05) is 33.9 Å². The summed E-state index contributed by atoms with van der Waals surface area (Å²) in [6.45, 7) is 8.77. The Morgan fingerprint density at radius 2 is 1.41 bits per heavy atom. The van der Waals surface area contributed by atoms with Gasteiger partial charge in [-0.05, 0) is 52.7 Å². The monoisotopic (exact) mass is 364 g/mol. The molecule has 2 N–H and O–H groups in total. The van der Waals surface area contributed by atoms with Crippen molar-refractivity contribution in [3.63, 3.8) is 0 Å². The highest BCUT2D eigenvalue weighted by Crippen LogP contribution is 2.31. The van der Waals surface area contributed by atoms with Crippen molar-refractivity contribution in [2.24, 2.45) is 0 Å². The normalized spacial score (nSPS) is 18.7. The van der Waals surface area contributed by atoms with Gasteiger partial charge in [-0.15, -0.1) is 0 Å². The van der Waals surface area contributed by atoms with Gasteiger partial charge >= 0.3 is 0 Å². The molecule has 3 rings (SSSR count). The lowest BCUT2D eigenvalue weighted by atomic mass is 9.79. The van der Waals surface area contributed by atoms with Crippen molar-refractivity contribution >= 4 is 17.3 Å². The molecule has 0 radical (unpaired) electrons. The predicted octanol–water partition coefficient (Wildman–Crippen LogP) is 4.47. The number of carbonyl (C=O) groups is 2. The number of para-hydroxylation sites is 1. The largest absolute Gasteiger partial charge is 0.382 e. The molecule has 27 heavy (non-hydrogen) atoms. The molecule has 1 aliphatic rings. The van der Waals surface area contributed by atoms with Crippen molar-refractivity contribution < 1.29 is 9.59 Å². The van der Waals surface area contributed by atoms with E-state index in [2.05, 4.69) is 38.3 Å². The summed E-state index contributed by atoms with van der Waals surface area (Å²) < 4.78 is 0. The Morgan fingerprint density at radius 3 is 2.04 bits per heavy atom. The van der Waals surface area contributed by atoms with Crippen molar-refractivity contribution in [1.82, 2.24) is 5.32 Å². The average Bonchev–Trinajstić information content (AvgIpc) is 2.59. The van der Waals surface area contributed by atoms with E-state index in [1.54, 1.807) is 36.4 Å². The van der Waals surface area contributed by atoms with Crippen LogP contribution >= 0.6 is 0 Å². The molecule has 4 nitrogen and oxygen atoms in total. The highest BCUT2D eigenvalue weighted by atomic mass is 16.2. The molecule has 2 aromatic rings. The maximum Gasteiger partial charge on any atom is 0.235 e. The summed E-state index contributed by atoms with van der Waals surface area (Å²) in [6, 6.07) is 16.2. The van der Waals surface area contributed by atoms with Gasteiger partial charge in [0.1, 0.15) is 0 Å². The van der Waals surface area contributed by atoms with Crippen LogP contribution in [0.1, 0.15) is 61.3 Å². The molecular formula is C23H28N2O2. The Bertz CT molecular complexity index is 824. The van der Waals surface area contributed by atoms with Crippen LogP contribution in [0.2, 0.25) is 0 Å². The topological polar surface area (TPSA) is 58.2 Å². The molecule has 1 fully saturated rings. The molecule has 2 aromatic carbocycles. The van der Waals surface area contributed by atoms with E-state index in [9.17, 15) is 9.59 Å². The number of benzene rings is 2. The van der Waals surface area contributed by atoms with Crippen LogP contribution in [0, 0.1) is 0 Å². The van der Waals surface area contributed by atoms with Gasteiger partial charge in [0.05, 0.1) is 0 Å².